The van der Waals surface area contributed by atoms with Gasteiger partial charge in [0.15, 0.2) is 0 Å². The van der Waals surface area contributed by atoms with Gasteiger partial charge in [0, 0.05) is 20.2 Å². The van der Waals surface area contributed by atoms with Crippen LogP contribution in [0.2, 0.25) is 5.02 Å². The molecule has 1 N–H and O–H groups in total. The van der Waals surface area contributed by atoms with Crippen LogP contribution in [-0.4, -0.2) is 29.0 Å². The summed E-state index contributed by atoms with van der Waals surface area (Å²) in [5.41, 5.74) is -0.0796. The van der Waals surface area contributed by atoms with E-state index in [0.717, 1.165) is 0 Å². The van der Waals surface area contributed by atoms with E-state index in [1.807, 2.05) is 20.8 Å². The second kappa shape index (κ2) is 5.51. The highest BCUT2D eigenvalue weighted by Crippen LogP contribution is 2.17. The van der Waals surface area contributed by atoms with Crippen LogP contribution < -0.4 is 10.9 Å². The number of aryl methyl sites for hydroxylation is 1. The lowest BCUT2D eigenvalue weighted by molar-refractivity contribution is 0.0344. The van der Waals surface area contributed by atoms with Gasteiger partial charge in [-0.25, -0.2) is 4.68 Å². The summed E-state index contributed by atoms with van der Waals surface area (Å²) in [6.45, 7) is 6.76. The van der Waals surface area contributed by atoms with Gasteiger partial charge >= 0.3 is 0 Å². The van der Waals surface area contributed by atoms with Crippen molar-refractivity contribution in [3.05, 3.63) is 21.6 Å². The molecule has 0 amide bonds. The molecule has 0 aromatic carbocycles. The number of ether oxygens (including phenoxy) is 1. The number of anilines is 1. The maximum Gasteiger partial charge on any atom is 0.287 e. The van der Waals surface area contributed by atoms with Gasteiger partial charge in [0.05, 0.1) is 17.5 Å². The quantitative estimate of drug-likeness (QED) is 0.875. The summed E-state index contributed by atoms with van der Waals surface area (Å²) >= 11 is 5.97. The molecule has 0 spiro atoms. The summed E-state index contributed by atoms with van der Waals surface area (Å²) in [7, 11) is 1.64. The maximum atomic E-state index is 11.7. The van der Waals surface area contributed by atoms with Crippen LogP contribution in [0.15, 0.2) is 11.0 Å². The van der Waals surface area contributed by atoms with Crippen molar-refractivity contribution in [1.29, 1.82) is 0 Å². The average molecular weight is 260 g/mol. The van der Waals surface area contributed by atoms with Gasteiger partial charge in [-0.3, -0.25) is 4.79 Å². The van der Waals surface area contributed by atoms with Crippen molar-refractivity contribution in [2.45, 2.75) is 32.9 Å². The van der Waals surface area contributed by atoms with Crippen molar-refractivity contribution in [2.75, 3.05) is 19.0 Å². The van der Waals surface area contributed by atoms with Crippen LogP contribution >= 0.6 is 11.6 Å². The number of hydrogen-bond acceptors (Lipinski definition) is 4. The van der Waals surface area contributed by atoms with E-state index < -0.39 is 0 Å². The summed E-state index contributed by atoms with van der Waals surface area (Å²) in [5.74, 6) is 0. The molecule has 6 heteroatoms. The van der Waals surface area contributed by atoms with Gasteiger partial charge in [-0.2, -0.15) is 5.10 Å². The zero-order valence-corrected chi connectivity index (χ0v) is 11.3. The van der Waals surface area contributed by atoms with E-state index in [4.69, 9.17) is 16.3 Å². The number of aromatic nitrogens is 2. The summed E-state index contributed by atoms with van der Waals surface area (Å²) in [6, 6.07) is 0. The van der Waals surface area contributed by atoms with Crippen LogP contribution in [0.25, 0.3) is 0 Å². The van der Waals surface area contributed by atoms with E-state index in [2.05, 4.69) is 10.4 Å². The molecule has 0 aliphatic carbocycles. The monoisotopic (exact) mass is 259 g/mol. The second-order valence-electron chi connectivity index (χ2n) is 4.31. The van der Waals surface area contributed by atoms with Gasteiger partial charge in [-0.15, -0.1) is 0 Å². The van der Waals surface area contributed by atoms with E-state index in [0.29, 0.717) is 18.8 Å². The first-order valence-corrected chi connectivity index (χ1v) is 5.83. The highest BCUT2D eigenvalue weighted by molar-refractivity contribution is 6.32. The Hall–Kier alpha value is -1.07. The zero-order chi connectivity index (χ0) is 13.1. The molecule has 0 aliphatic rings. The first kappa shape index (κ1) is 14.0. The third kappa shape index (κ3) is 3.44. The predicted octanol–water partition coefficient (Wildman–Crippen LogP) is 1.75. The molecule has 0 fully saturated rings. The van der Waals surface area contributed by atoms with Crippen LogP contribution in [0.3, 0.4) is 0 Å². The second-order valence-corrected chi connectivity index (χ2v) is 4.69. The predicted molar refractivity (Wildman–Crippen MR) is 68.8 cm³/mol. The molecule has 1 rings (SSSR count). The van der Waals surface area contributed by atoms with Crippen molar-refractivity contribution in [1.82, 2.24) is 9.78 Å². The summed E-state index contributed by atoms with van der Waals surface area (Å²) in [4.78, 5) is 11.7. The molecule has 0 saturated carbocycles. The van der Waals surface area contributed by atoms with E-state index in [-0.39, 0.29) is 16.2 Å². The Kier molecular flexibility index (Phi) is 4.54. The Morgan fingerprint density at radius 2 is 2.24 bits per heavy atom. The van der Waals surface area contributed by atoms with E-state index in [1.54, 1.807) is 13.3 Å². The molecule has 17 heavy (non-hydrogen) atoms. The molecular formula is C11H18ClN3O2. The summed E-state index contributed by atoms with van der Waals surface area (Å²) in [6.07, 6.45) is 1.55. The van der Waals surface area contributed by atoms with Gasteiger partial charge < -0.3 is 10.1 Å². The minimum absolute atomic E-state index is 0.161. The molecule has 5 nitrogen and oxygen atoms in total. The molecule has 0 bridgehead atoms. The van der Waals surface area contributed by atoms with Crippen molar-refractivity contribution >= 4 is 17.3 Å². The number of hydrogen-bond donors (Lipinski definition) is 1. The molecule has 96 valence electrons. The number of halogens is 1. The minimum Gasteiger partial charge on any atom is -0.379 e. The average Bonchev–Trinajstić information content (AvgIpc) is 2.31. The van der Waals surface area contributed by atoms with Gasteiger partial charge in [0.1, 0.15) is 5.02 Å². The lowest BCUT2D eigenvalue weighted by Crippen LogP contribution is -2.33. The normalized spacial score (nSPS) is 11.6. The fourth-order valence-electron chi connectivity index (χ4n) is 1.19. The Morgan fingerprint density at radius 3 is 2.76 bits per heavy atom. The lowest BCUT2D eigenvalue weighted by atomic mass is 10.1. The van der Waals surface area contributed by atoms with E-state index in [1.165, 1.54) is 4.68 Å². The molecular weight excluding hydrogens is 242 g/mol. The number of methoxy groups -OCH3 is 1. The highest BCUT2D eigenvalue weighted by atomic mass is 35.5. The van der Waals surface area contributed by atoms with Crippen LogP contribution in [-0.2, 0) is 11.3 Å². The molecule has 1 aromatic rings. The first-order valence-electron chi connectivity index (χ1n) is 5.46. The topological polar surface area (TPSA) is 56.1 Å². The van der Waals surface area contributed by atoms with Crippen molar-refractivity contribution in [2.24, 2.45) is 0 Å². The van der Waals surface area contributed by atoms with Crippen molar-refractivity contribution in [3.8, 4) is 0 Å². The molecule has 0 saturated heterocycles. The van der Waals surface area contributed by atoms with Crippen LogP contribution in [0.5, 0.6) is 0 Å². The first-order chi connectivity index (χ1) is 7.91. The Balaban J connectivity index is 2.87. The Labute approximate surface area is 106 Å². The van der Waals surface area contributed by atoms with Crippen LogP contribution in [0.4, 0.5) is 5.69 Å². The van der Waals surface area contributed by atoms with Crippen LogP contribution in [0.1, 0.15) is 20.8 Å². The molecule has 1 aromatic heterocycles. The zero-order valence-electron chi connectivity index (χ0n) is 10.6. The number of nitrogens with one attached hydrogen (secondary N) is 1. The van der Waals surface area contributed by atoms with E-state index in [9.17, 15) is 4.79 Å². The molecule has 0 radical (unpaired) electrons. The molecule has 0 aliphatic heterocycles. The van der Waals surface area contributed by atoms with Gasteiger partial charge in [0.2, 0.25) is 0 Å². The number of nitrogens with zero attached hydrogens (tertiary/aromatic N) is 2. The lowest BCUT2D eigenvalue weighted by Gasteiger charge is -2.23. The van der Waals surface area contributed by atoms with Crippen LogP contribution in [0, 0.1) is 0 Å². The number of rotatable bonds is 5. The molecule has 0 unspecified atom stereocenters. The van der Waals surface area contributed by atoms with Gasteiger partial charge in [-0.1, -0.05) is 11.6 Å². The SMILES string of the molecule is CCn1ncc(NCC(C)(C)OC)c(Cl)c1=O. The van der Waals surface area contributed by atoms with Gasteiger partial charge in [-0.05, 0) is 20.8 Å². The summed E-state index contributed by atoms with van der Waals surface area (Å²) in [5, 5.41) is 7.22. The smallest absolute Gasteiger partial charge is 0.287 e. The fourth-order valence-corrected chi connectivity index (χ4v) is 1.41. The van der Waals surface area contributed by atoms with Crippen molar-refractivity contribution in [3.63, 3.8) is 0 Å². The minimum atomic E-state index is -0.330. The highest BCUT2D eigenvalue weighted by Gasteiger charge is 2.17. The third-order valence-electron chi connectivity index (χ3n) is 2.54. The Bertz CT molecular complexity index is 443. The van der Waals surface area contributed by atoms with Gasteiger partial charge in [0.25, 0.3) is 5.56 Å². The molecule has 1 heterocycles. The third-order valence-corrected chi connectivity index (χ3v) is 2.91. The van der Waals surface area contributed by atoms with E-state index >= 15 is 0 Å². The maximum absolute atomic E-state index is 11.7. The summed E-state index contributed by atoms with van der Waals surface area (Å²) < 4.78 is 6.58. The standard InChI is InChI=1S/C11H18ClN3O2/c1-5-15-10(16)9(12)8(6-14-15)13-7-11(2,3)17-4/h6,13H,5,7H2,1-4H3. The largest absolute Gasteiger partial charge is 0.379 e. The Morgan fingerprint density at radius 1 is 1.59 bits per heavy atom. The fraction of sp³-hybridized carbons (Fsp3) is 0.636. The molecule has 0 atom stereocenters. The van der Waals surface area contributed by atoms with Crippen molar-refractivity contribution < 1.29 is 4.74 Å².